The maximum atomic E-state index is 13.0. The maximum absolute atomic E-state index is 13.0. The number of rotatable bonds is 5. The topological polar surface area (TPSA) is 42.3 Å². The van der Waals surface area contributed by atoms with Crippen molar-refractivity contribution in [3.63, 3.8) is 0 Å². The highest BCUT2D eigenvalue weighted by Gasteiger charge is 2.35. The molecule has 2 amide bonds. The van der Waals surface area contributed by atoms with E-state index >= 15 is 0 Å². The van der Waals surface area contributed by atoms with Crippen molar-refractivity contribution in [2.45, 2.75) is 20.0 Å². The van der Waals surface area contributed by atoms with Crippen molar-refractivity contribution in [2.24, 2.45) is 0 Å². The van der Waals surface area contributed by atoms with Gasteiger partial charge in [0.25, 0.3) is 11.1 Å². The lowest BCUT2D eigenvalue weighted by atomic mass is 10.1. The zero-order valence-electron chi connectivity index (χ0n) is 15.9. The molecule has 0 radical (unpaired) electrons. The Morgan fingerprint density at radius 3 is 2.55 bits per heavy atom. The average Bonchev–Trinajstić information content (AvgIpc) is 3.13. The Labute approximate surface area is 182 Å². The number of carbonyl (C=O) groups excluding carboxylic acids is 2. The van der Waals surface area contributed by atoms with Crippen LogP contribution in [0.1, 0.15) is 16.8 Å². The largest absolute Gasteiger partial charge is 0.340 e. The van der Waals surface area contributed by atoms with Crippen LogP contribution in [-0.4, -0.2) is 20.6 Å². The van der Waals surface area contributed by atoms with Crippen LogP contribution >= 0.6 is 27.7 Å². The molecule has 0 aliphatic carbocycles. The van der Waals surface area contributed by atoms with E-state index < -0.39 is 0 Å². The summed E-state index contributed by atoms with van der Waals surface area (Å²) in [4.78, 5) is 27.2. The molecule has 0 unspecified atom stereocenters. The first-order chi connectivity index (χ1) is 14.0. The minimum Gasteiger partial charge on any atom is -0.340 e. The molecule has 1 fully saturated rings. The number of aromatic nitrogens is 1. The van der Waals surface area contributed by atoms with Gasteiger partial charge in [0.2, 0.25) is 0 Å². The fourth-order valence-corrected chi connectivity index (χ4v) is 4.63. The van der Waals surface area contributed by atoms with Crippen LogP contribution in [0.4, 0.5) is 4.79 Å². The van der Waals surface area contributed by atoms with Gasteiger partial charge in [0.1, 0.15) is 0 Å². The molecule has 1 aliphatic rings. The first-order valence-corrected chi connectivity index (χ1v) is 10.8. The smallest absolute Gasteiger partial charge is 0.293 e. The number of halogens is 1. The summed E-state index contributed by atoms with van der Waals surface area (Å²) in [6.45, 7) is 6.83. The molecule has 0 spiro atoms. The summed E-state index contributed by atoms with van der Waals surface area (Å²) in [5, 5.41) is 0.822. The van der Waals surface area contributed by atoms with Crippen LogP contribution in [0.5, 0.6) is 0 Å². The predicted molar refractivity (Wildman–Crippen MR) is 123 cm³/mol. The van der Waals surface area contributed by atoms with Crippen LogP contribution in [0.3, 0.4) is 0 Å². The van der Waals surface area contributed by atoms with Crippen molar-refractivity contribution in [3.8, 4) is 0 Å². The number of imide groups is 1. The molecule has 2 heterocycles. The van der Waals surface area contributed by atoms with E-state index in [1.54, 1.807) is 0 Å². The van der Waals surface area contributed by atoms with Gasteiger partial charge in [-0.15, -0.1) is 6.58 Å². The van der Waals surface area contributed by atoms with Crippen molar-refractivity contribution < 1.29 is 9.59 Å². The Hall–Kier alpha value is -2.57. The molecule has 4 rings (SSSR count). The Kier molecular flexibility index (Phi) is 5.48. The van der Waals surface area contributed by atoms with E-state index in [2.05, 4.69) is 33.1 Å². The molecule has 1 aliphatic heterocycles. The second kappa shape index (κ2) is 8.05. The molecule has 0 atom stereocenters. The van der Waals surface area contributed by atoms with Gasteiger partial charge in [0, 0.05) is 33.2 Å². The summed E-state index contributed by atoms with van der Waals surface area (Å²) in [5.74, 6) is -0.247. The van der Waals surface area contributed by atoms with Crippen LogP contribution in [0.2, 0.25) is 0 Å². The van der Waals surface area contributed by atoms with Crippen LogP contribution < -0.4 is 0 Å². The monoisotopic (exact) mass is 466 g/mol. The van der Waals surface area contributed by atoms with E-state index in [0.717, 1.165) is 44.0 Å². The minimum atomic E-state index is -0.247. The third kappa shape index (κ3) is 3.70. The average molecular weight is 467 g/mol. The molecule has 0 N–H and O–H groups in total. The SMILES string of the molecule is C=CCn1c(C)c(C=C2SC(=O)N(Cc3ccc(Br)cc3)C2=O)c2ccccc21. The first kappa shape index (κ1) is 19.7. The zero-order chi connectivity index (χ0) is 20.5. The molecule has 1 aromatic heterocycles. The number of thioether (sulfide) groups is 1. The fourth-order valence-electron chi connectivity index (χ4n) is 3.54. The summed E-state index contributed by atoms with van der Waals surface area (Å²) in [6, 6.07) is 15.7. The van der Waals surface area contributed by atoms with Crippen LogP contribution in [0.25, 0.3) is 17.0 Å². The molecule has 1 saturated heterocycles. The van der Waals surface area contributed by atoms with E-state index in [0.29, 0.717) is 11.4 Å². The van der Waals surface area contributed by atoms with Crippen LogP contribution in [0, 0.1) is 6.92 Å². The van der Waals surface area contributed by atoms with E-state index in [1.807, 2.05) is 61.5 Å². The Morgan fingerprint density at radius 1 is 1.10 bits per heavy atom. The van der Waals surface area contributed by atoms with Crippen molar-refractivity contribution in [1.82, 2.24) is 9.47 Å². The van der Waals surface area contributed by atoms with Crippen LogP contribution in [-0.2, 0) is 17.9 Å². The highest BCUT2D eigenvalue weighted by molar-refractivity contribution is 9.10. The first-order valence-electron chi connectivity index (χ1n) is 9.18. The van der Waals surface area contributed by atoms with E-state index in [4.69, 9.17) is 0 Å². The summed E-state index contributed by atoms with van der Waals surface area (Å²) in [7, 11) is 0. The Balaban J connectivity index is 1.70. The standard InChI is InChI=1S/C23H19BrN2O2S/c1-3-12-25-15(2)19(18-6-4-5-7-20(18)25)13-21-22(27)26(23(28)29-21)14-16-8-10-17(24)11-9-16/h3-11,13H,1,12,14H2,2H3. The second-order valence-corrected chi connectivity index (χ2v) is 8.72. The molecular formula is C23H19BrN2O2S. The third-order valence-electron chi connectivity index (χ3n) is 4.99. The van der Waals surface area contributed by atoms with E-state index in [9.17, 15) is 9.59 Å². The molecule has 146 valence electrons. The summed E-state index contributed by atoms with van der Waals surface area (Å²) in [5.41, 5.74) is 4.02. The highest BCUT2D eigenvalue weighted by Crippen LogP contribution is 2.36. The molecular weight excluding hydrogens is 448 g/mol. The number of para-hydroxylation sites is 1. The number of nitrogens with zero attached hydrogens (tertiary/aromatic N) is 2. The predicted octanol–water partition coefficient (Wildman–Crippen LogP) is 6.13. The van der Waals surface area contributed by atoms with Gasteiger partial charge in [-0.25, -0.2) is 0 Å². The van der Waals surface area contributed by atoms with E-state index in [-0.39, 0.29) is 17.7 Å². The summed E-state index contributed by atoms with van der Waals surface area (Å²) in [6.07, 6.45) is 3.71. The lowest BCUT2D eigenvalue weighted by Gasteiger charge is -2.12. The summed E-state index contributed by atoms with van der Waals surface area (Å²) >= 11 is 4.40. The molecule has 0 saturated carbocycles. The molecule has 4 nitrogen and oxygen atoms in total. The number of hydrogen-bond donors (Lipinski definition) is 0. The maximum Gasteiger partial charge on any atom is 0.293 e. The van der Waals surface area contributed by atoms with Gasteiger partial charge in [0.05, 0.1) is 11.4 Å². The normalized spacial score (nSPS) is 15.7. The van der Waals surface area contributed by atoms with Gasteiger partial charge in [-0.2, -0.15) is 0 Å². The van der Waals surface area contributed by atoms with Gasteiger partial charge >= 0.3 is 0 Å². The summed E-state index contributed by atoms with van der Waals surface area (Å²) < 4.78 is 3.13. The minimum absolute atomic E-state index is 0.239. The molecule has 2 aromatic carbocycles. The number of benzene rings is 2. The zero-order valence-corrected chi connectivity index (χ0v) is 18.3. The van der Waals surface area contributed by atoms with Gasteiger partial charge in [-0.05, 0) is 48.5 Å². The lowest BCUT2D eigenvalue weighted by molar-refractivity contribution is -0.123. The quantitative estimate of drug-likeness (QED) is 0.335. The molecule has 0 bridgehead atoms. The van der Waals surface area contributed by atoms with Crippen LogP contribution in [0.15, 0.2) is 70.6 Å². The van der Waals surface area contributed by atoms with Gasteiger partial charge < -0.3 is 4.57 Å². The second-order valence-electron chi connectivity index (χ2n) is 6.81. The van der Waals surface area contributed by atoms with Crippen molar-refractivity contribution in [3.05, 3.63) is 87.4 Å². The Morgan fingerprint density at radius 2 is 1.83 bits per heavy atom. The van der Waals surface area contributed by atoms with Crippen molar-refractivity contribution in [1.29, 1.82) is 0 Å². The lowest BCUT2D eigenvalue weighted by Crippen LogP contribution is -2.27. The van der Waals surface area contributed by atoms with Gasteiger partial charge in [0.15, 0.2) is 0 Å². The van der Waals surface area contributed by atoms with Crippen molar-refractivity contribution >= 4 is 55.8 Å². The number of allylic oxidation sites excluding steroid dienone is 1. The molecule has 29 heavy (non-hydrogen) atoms. The van der Waals surface area contributed by atoms with E-state index in [1.165, 1.54) is 4.90 Å². The number of amides is 2. The Bertz CT molecular complexity index is 1160. The number of carbonyl (C=O) groups is 2. The molecule has 6 heteroatoms. The van der Waals surface area contributed by atoms with Gasteiger partial charge in [-0.1, -0.05) is 52.3 Å². The van der Waals surface area contributed by atoms with Crippen molar-refractivity contribution in [2.75, 3.05) is 0 Å². The fraction of sp³-hybridized carbons (Fsp3) is 0.130. The highest BCUT2D eigenvalue weighted by atomic mass is 79.9. The van der Waals surface area contributed by atoms with Gasteiger partial charge in [-0.3, -0.25) is 14.5 Å². The molecule has 3 aromatic rings. The number of fused-ring (bicyclic) bond motifs is 1. The third-order valence-corrected chi connectivity index (χ3v) is 6.43. The number of hydrogen-bond acceptors (Lipinski definition) is 3.